The molecule has 5 heteroatoms. The van der Waals surface area contributed by atoms with Crippen LogP contribution in [0, 0.1) is 0 Å². The van der Waals surface area contributed by atoms with Gasteiger partial charge in [-0.25, -0.2) is 0 Å². The van der Waals surface area contributed by atoms with Gasteiger partial charge < -0.3 is 10.4 Å². The molecule has 0 unspecified atom stereocenters. The number of hydrogen-bond acceptors (Lipinski definition) is 3. The van der Waals surface area contributed by atoms with Gasteiger partial charge in [-0.1, -0.05) is 11.6 Å². The lowest BCUT2D eigenvalue weighted by Gasteiger charge is -2.25. The number of aliphatic hydroxyl groups is 1. The van der Waals surface area contributed by atoms with Gasteiger partial charge in [-0.05, 0) is 42.3 Å². The highest BCUT2D eigenvalue weighted by atomic mass is 79.9. The molecule has 0 aromatic carbocycles. The Morgan fingerprint density at radius 2 is 2.27 bits per heavy atom. The highest BCUT2D eigenvalue weighted by molar-refractivity contribution is 9.10. The van der Waals surface area contributed by atoms with E-state index in [1.54, 1.807) is 11.3 Å². The van der Waals surface area contributed by atoms with Crippen molar-refractivity contribution in [1.29, 1.82) is 0 Å². The van der Waals surface area contributed by atoms with Gasteiger partial charge in [0.2, 0.25) is 0 Å². The minimum atomic E-state index is -0.0440. The lowest BCUT2D eigenvalue weighted by Crippen LogP contribution is -2.39. The third kappa shape index (κ3) is 4.41. The van der Waals surface area contributed by atoms with Gasteiger partial charge in [-0.2, -0.15) is 0 Å². The predicted octanol–water partition coefficient (Wildman–Crippen LogP) is 3.41. The average Bonchev–Trinajstić information content (AvgIpc) is 2.44. The Morgan fingerprint density at radius 1 is 1.60 bits per heavy atom. The van der Waals surface area contributed by atoms with Crippen LogP contribution in [0.1, 0.15) is 25.1 Å². The van der Waals surface area contributed by atoms with Crippen LogP contribution in [-0.2, 0) is 6.54 Å². The lowest BCUT2D eigenvalue weighted by molar-refractivity contribution is 0.230. The monoisotopic (exact) mass is 311 g/mol. The standard InChI is InChI=1S/C10H15BrClNOS/c1-10(2,3-4-14)13-6-7-5-8(11)9(12)15-7/h5,13-14H,3-4,6H2,1-2H3. The Balaban J connectivity index is 2.49. The minimum absolute atomic E-state index is 0.0440. The molecule has 0 amide bonds. The van der Waals surface area contributed by atoms with Crippen molar-refractivity contribution in [3.63, 3.8) is 0 Å². The van der Waals surface area contributed by atoms with Gasteiger partial charge in [-0.3, -0.25) is 0 Å². The highest BCUT2D eigenvalue weighted by Crippen LogP contribution is 2.32. The highest BCUT2D eigenvalue weighted by Gasteiger charge is 2.16. The summed E-state index contributed by atoms with van der Waals surface area (Å²) in [6.45, 7) is 5.14. The third-order valence-electron chi connectivity index (χ3n) is 2.17. The van der Waals surface area contributed by atoms with Crippen molar-refractivity contribution in [3.05, 3.63) is 19.8 Å². The van der Waals surface area contributed by atoms with Crippen molar-refractivity contribution in [2.45, 2.75) is 32.4 Å². The molecule has 0 aliphatic heterocycles. The SMILES string of the molecule is CC(C)(CCO)NCc1cc(Br)c(Cl)s1. The molecule has 0 saturated heterocycles. The van der Waals surface area contributed by atoms with Crippen LogP contribution >= 0.6 is 38.9 Å². The minimum Gasteiger partial charge on any atom is -0.396 e. The molecule has 2 N–H and O–H groups in total. The van der Waals surface area contributed by atoms with Crippen LogP contribution < -0.4 is 5.32 Å². The summed E-state index contributed by atoms with van der Waals surface area (Å²) in [5, 5.41) is 12.3. The van der Waals surface area contributed by atoms with Crippen molar-refractivity contribution < 1.29 is 5.11 Å². The van der Waals surface area contributed by atoms with E-state index in [2.05, 4.69) is 35.1 Å². The Morgan fingerprint density at radius 3 is 2.73 bits per heavy atom. The van der Waals surface area contributed by atoms with Crippen molar-refractivity contribution in [3.8, 4) is 0 Å². The van der Waals surface area contributed by atoms with E-state index in [1.165, 1.54) is 4.88 Å². The van der Waals surface area contributed by atoms with E-state index in [-0.39, 0.29) is 12.1 Å². The molecule has 0 aliphatic rings. The zero-order chi connectivity index (χ0) is 11.5. The zero-order valence-corrected chi connectivity index (χ0v) is 12.0. The maximum Gasteiger partial charge on any atom is 0.107 e. The maximum atomic E-state index is 8.88. The number of halogens is 2. The zero-order valence-electron chi connectivity index (χ0n) is 8.81. The molecule has 0 atom stereocenters. The summed E-state index contributed by atoms with van der Waals surface area (Å²) in [5.74, 6) is 0. The fourth-order valence-electron chi connectivity index (χ4n) is 1.17. The second-order valence-corrected chi connectivity index (χ2v) is 6.64. The second-order valence-electron chi connectivity index (χ2n) is 4.05. The molecule has 1 heterocycles. The topological polar surface area (TPSA) is 32.3 Å². The van der Waals surface area contributed by atoms with Crippen LogP contribution in [-0.4, -0.2) is 17.3 Å². The molecule has 0 radical (unpaired) electrons. The van der Waals surface area contributed by atoms with Gasteiger partial charge in [0, 0.05) is 28.0 Å². The summed E-state index contributed by atoms with van der Waals surface area (Å²) in [5.41, 5.74) is -0.0440. The second kappa shape index (κ2) is 5.64. The van der Waals surface area contributed by atoms with Crippen molar-refractivity contribution in [1.82, 2.24) is 5.32 Å². The normalized spacial score (nSPS) is 12.1. The molecule has 0 saturated carbocycles. The smallest absolute Gasteiger partial charge is 0.107 e. The summed E-state index contributed by atoms with van der Waals surface area (Å²) in [7, 11) is 0. The molecule has 0 spiro atoms. The van der Waals surface area contributed by atoms with Crippen molar-refractivity contribution >= 4 is 38.9 Å². The summed E-state index contributed by atoms with van der Waals surface area (Å²) >= 11 is 10.9. The first-order chi connectivity index (χ1) is 6.94. The molecule has 2 nitrogen and oxygen atoms in total. The largest absolute Gasteiger partial charge is 0.396 e. The molecule has 15 heavy (non-hydrogen) atoms. The van der Waals surface area contributed by atoms with Crippen molar-refractivity contribution in [2.24, 2.45) is 0 Å². The Kier molecular flexibility index (Phi) is 5.06. The summed E-state index contributed by atoms with van der Waals surface area (Å²) in [6.07, 6.45) is 0.743. The van der Waals surface area contributed by atoms with E-state index in [4.69, 9.17) is 16.7 Å². The Bertz CT molecular complexity index is 308. The number of hydrogen-bond donors (Lipinski definition) is 2. The average molecular weight is 313 g/mol. The number of aliphatic hydroxyl groups excluding tert-OH is 1. The molecule has 0 fully saturated rings. The molecule has 1 aromatic heterocycles. The van der Waals surface area contributed by atoms with E-state index in [9.17, 15) is 0 Å². The van der Waals surface area contributed by atoms with E-state index >= 15 is 0 Å². The fourth-order valence-corrected chi connectivity index (χ4v) is 2.90. The van der Waals surface area contributed by atoms with E-state index in [0.717, 1.165) is 21.8 Å². The first-order valence-corrected chi connectivity index (χ1v) is 6.73. The fraction of sp³-hybridized carbons (Fsp3) is 0.600. The maximum absolute atomic E-state index is 8.88. The van der Waals surface area contributed by atoms with Crippen LogP contribution in [0.25, 0.3) is 0 Å². The molecular formula is C10H15BrClNOS. The van der Waals surface area contributed by atoms with Crippen LogP contribution in [0.3, 0.4) is 0 Å². The van der Waals surface area contributed by atoms with E-state index in [0.29, 0.717) is 0 Å². The van der Waals surface area contributed by atoms with Crippen LogP contribution in [0.2, 0.25) is 4.34 Å². The quantitative estimate of drug-likeness (QED) is 0.873. The van der Waals surface area contributed by atoms with Crippen LogP contribution in [0.5, 0.6) is 0 Å². The molecule has 0 aliphatic carbocycles. The predicted molar refractivity (Wildman–Crippen MR) is 69.7 cm³/mol. The third-order valence-corrected chi connectivity index (χ3v) is 4.65. The number of thiophene rings is 1. The molecular weight excluding hydrogens is 298 g/mol. The Hall–Kier alpha value is 0.390. The number of rotatable bonds is 5. The molecule has 0 bridgehead atoms. The molecule has 1 rings (SSSR count). The first-order valence-electron chi connectivity index (χ1n) is 4.74. The van der Waals surface area contributed by atoms with Crippen LogP contribution in [0.15, 0.2) is 10.5 Å². The van der Waals surface area contributed by atoms with E-state index < -0.39 is 0 Å². The molecule has 86 valence electrons. The van der Waals surface area contributed by atoms with Gasteiger partial charge in [-0.15, -0.1) is 11.3 Å². The molecule has 1 aromatic rings. The number of nitrogens with one attached hydrogen (secondary N) is 1. The van der Waals surface area contributed by atoms with Crippen LogP contribution in [0.4, 0.5) is 0 Å². The summed E-state index contributed by atoms with van der Waals surface area (Å²) < 4.78 is 1.73. The summed E-state index contributed by atoms with van der Waals surface area (Å²) in [4.78, 5) is 1.19. The lowest BCUT2D eigenvalue weighted by atomic mass is 10.0. The van der Waals surface area contributed by atoms with Gasteiger partial charge in [0.05, 0.1) is 0 Å². The van der Waals surface area contributed by atoms with Crippen molar-refractivity contribution in [2.75, 3.05) is 6.61 Å². The first kappa shape index (κ1) is 13.5. The van der Waals surface area contributed by atoms with Gasteiger partial charge in [0.15, 0.2) is 0 Å². The Labute approximate surface area is 108 Å². The summed E-state index contributed by atoms with van der Waals surface area (Å²) in [6, 6.07) is 2.02. The van der Waals surface area contributed by atoms with E-state index in [1.807, 2.05) is 6.07 Å². The van der Waals surface area contributed by atoms with Gasteiger partial charge in [0.25, 0.3) is 0 Å². The van der Waals surface area contributed by atoms with Gasteiger partial charge in [0.1, 0.15) is 4.34 Å². The van der Waals surface area contributed by atoms with Gasteiger partial charge >= 0.3 is 0 Å².